The molecule has 0 aliphatic heterocycles. The third-order valence-electron chi connectivity index (χ3n) is 3.78. The minimum absolute atomic E-state index is 0.230. The molecule has 1 N–H and O–H groups in total. The Balaban J connectivity index is 1.68. The molecule has 0 aliphatic carbocycles. The number of pyridine rings is 1. The van der Waals surface area contributed by atoms with Crippen LogP contribution in [-0.2, 0) is 9.53 Å². The van der Waals surface area contributed by atoms with Crippen molar-refractivity contribution >= 4 is 40.2 Å². The molecule has 144 valence electrons. The van der Waals surface area contributed by atoms with E-state index in [4.69, 9.17) is 4.74 Å². The Morgan fingerprint density at radius 1 is 1.14 bits per heavy atom. The van der Waals surface area contributed by atoms with Crippen LogP contribution in [0.25, 0.3) is 10.9 Å². The van der Waals surface area contributed by atoms with Crippen LogP contribution in [0.4, 0.5) is 14.5 Å². The topological polar surface area (TPSA) is 68.3 Å². The number of fused-ring (bicyclic) bond motifs is 1. The van der Waals surface area contributed by atoms with Crippen LogP contribution in [0.3, 0.4) is 0 Å². The quantitative estimate of drug-likeness (QED) is 0.480. The van der Waals surface area contributed by atoms with Crippen molar-refractivity contribution in [1.29, 1.82) is 0 Å². The van der Waals surface area contributed by atoms with Crippen molar-refractivity contribution in [3.63, 3.8) is 0 Å². The van der Waals surface area contributed by atoms with Gasteiger partial charge in [-0.15, -0.1) is 0 Å². The van der Waals surface area contributed by atoms with Crippen LogP contribution in [0.1, 0.15) is 16.1 Å². The number of benzene rings is 2. The lowest BCUT2D eigenvalue weighted by Gasteiger charge is -2.11. The number of aromatic nitrogens is 1. The summed E-state index contributed by atoms with van der Waals surface area (Å²) in [5.74, 6) is -3.89. The van der Waals surface area contributed by atoms with Gasteiger partial charge in [-0.3, -0.25) is 9.78 Å². The number of nitrogens with one attached hydrogen (secondary N) is 1. The molecule has 8 heteroatoms. The third kappa shape index (κ3) is 4.83. The molecule has 0 saturated heterocycles. The van der Waals surface area contributed by atoms with Crippen molar-refractivity contribution < 1.29 is 23.1 Å². The van der Waals surface area contributed by atoms with Crippen molar-refractivity contribution in [3.8, 4) is 0 Å². The molecule has 2 aromatic carbocycles. The van der Waals surface area contributed by atoms with Crippen LogP contribution in [-0.4, -0.2) is 29.2 Å². The SMILES string of the molecule is Cc1cc(C(=O)OCC(=O)Nc2ccccc2SC(F)F)c2ccccc2n1. The zero-order valence-corrected chi connectivity index (χ0v) is 15.6. The van der Waals surface area contributed by atoms with Gasteiger partial charge in [0.1, 0.15) is 0 Å². The fraction of sp³-hybridized carbons (Fsp3) is 0.150. The summed E-state index contributed by atoms with van der Waals surface area (Å²) in [7, 11) is 0. The lowest BCUT2D eigenvalue weighted by Crippen LogP contribution is -2.21. The molecular formula is C20H16F2N2O3S. The number of aryl methyl sites for hydroxylation is 1. The van der Waals surface area contributed by atoms with E-state index in [9.17, 15) is 18.4 Å². The molecule has 0 fully saturated rings. The summed E-state index contributed by atoms with van der Waals surface area (Å²) in [6.07, 6.45) is 0. The maximum Gasteiger partial charge on any atom is 0.339 e. The average Bonchev–Trinajstić information content (AvgIpc) is 2.66. The zero-order chi connectivity index (χ0) is 20.1. The molecule has 0 unspecified atom stereocenters. The molecule has 0 atom stereocenters. The first kappa shape index (κ1) is 19.8. The average molecular weight is 402 g/mol. The number of rotatable bonds is 6. The molecule has 0 radical (unpaired) electrons. The Morgan fingerprint density at radius 3 is 2.64 bits per heavy atom. The minimum atomic E-state index is -2.61. The number of nitrogens with zero attached hydrogens (tertiary/aromatic N) is 1. The van der Waals surface area contributed by atoms with E-state index in [-0.39, 0.29) is 10.6 Å². The lowest BCUT2D eigenvalue weighted by atomic mass is 10.1. The highest BCUT2D eigenvalue weighted by Gasteiger charge is 2.16. The molecule has 1 heterocycles. The van der Waals surface area contributed by atoms with Crippen LogP contribution >= 0.6 is 11.8 Å². The number of amides is 1. The molecule has 0 bridgehead atoms. The predicted octanol–water partition coefficient (Wildman–Crippen LogP) is 4.65. The van der Waals surface area contributed by atoms with Crippen LogP contribution < -0.4 is 5.32 Å². The molecule has 1 amide bonds. The first-order chi connectivity index (χ1) is 13.4. The van der Waals surface area contributed by atoms with Crippen LogP contribution in [0.2, 0.25) is 0 Å². The Kier molecular flexibility index (Phi) is 6.20. The number of esters is 1. The number of carbonyl (C=O) groups is 2. The fourth-order valence-corrected chi connectivity index (χ4v) is 3.24. The highest BCUT2D eigenvalue weighted by molar-refractivity contribution is 7.99. The van der Waals surface area contributed by atoms with Crippen LogP contribution in [0.5, 0.6) is 0 Å². The molecule has 3 aromatic rings. The van der Waals surface area contributed by atoms with Gasteiger partial charge in [0.15, 0.2) is 6.61 Å². The van der Waals surface area contributed by atoms with Crippen molar-refractivity contribution in [3.05, 3.63) is 65.9 Å². The number of carbonyl (C=O) groups excluding carboxylic acids is 2. The summed E-state index contributed by atoms with van der Waals surface area (Å²) in [5.41, 5.74) is 1.84. The molecule has 3 rings (SSSR count). The van der Waals surface area contributed by atoms with Crippen LogP contribution in [0.15, 0.2) is 59.5 Å². The number of anilines is 1. The van der Waals surface area contributed by atoms with Crippen LogP contribution in [0, 0.1) is 6.92 Å². The zero-order valence-electron chi connectivity index (χ0n) is 14.8. The first-order valence-corrected chi connectivity index (χ1v) is 9.19. The second kappa shape index (κ2) is 8.79. The maximum atomic E-state index is 12.6. The van der Waals surface area contributed by atoms with E-state index in [2.05, 4.69) is 10.3 Å². The van der Waals surface area contributed by atoms with E-state index >= 15 is 0 Å². The molecular weight excluding hydrogens is 386 g/mol. The Hall–Kier alpha value is -3.00. The van der Waals surface area contributed by atoms with Gasteiger partial charge in [-0.2, -0.15) is 8.78 Å². The number of ether oxygens (including phenoxy) is 1. The van der Waals surface area contributed by atoms with Gasteiger partial charge in [0.05, 0.1) is 16.8 Å². The number of hydrogen-bond donors (Lipinski definition) is 1. The van der Waals surface area contributed by atoms with E-state index in [0.717, 1.165) is 0 Å². The third-order valence-corrected chi connectivity index (χ3v) is 4.56. The van der Waals surface area contributed by atoms with Gasteiger partial charge in [0, 0.05) is 16.0 Å². The largest absolute Gasteiger partial charge is 0.452 e. The van der Waals surface area contributed by atoms with Gasteiger partial charge >= 0.3 is 5.97 Å². The Bertz CT molecular complexity index is 1030. The van der Waals surface area contributed by atoms with E-state index in [1.54, 1.807) is 43.3 Å². The summed E-state index contributed by atoms with van der Waals surface area (Å²) in [5, 5.41) is 3.11. The molecule has 1 aromatic heterocycles. The molecule has 5 nitrogen and oxygen atoms in total. The number of halogens is 2. The minimum Gasteiger partial charge on any atom is -0.452 e. The summed E-state index contributed by atoms with van der Waals surface area (Å²) in [4.78, 5) is 29.1. The first-order valence-electron chi connectivity index (χ1n) is 8.31. The van der Waals surface area contributed by atoms with Gasteiger partial charge in [0.2, 0.25) is 0 Å². The lowest BCUT2D eigenvalue weighted by molar-refractivity contribution is -0.119. The molecule has 0 spiro atoms. The summed E-state index contributed by atoms with van der Waals surface area (Å²) in [6, 6.07) is 14.9. The highest BCUT2D eigenvalue weighted by Crippen LogP contribution is 2.31. The molecule has 28 heavy (non-hydrogen) atoms. The summed E-state index contributed by atoms with van der Waals surface area (Å²) in [6.45, 7) is 1.22. The normalized spacial score (nSPS) is 10.9. The second-order valence-electron chi connectivity index (χ2n) is 5.83. The van der Waals surface area contributed by atoms with E-state index in [0.29, 0.717) is 33.9 Å². The van der Waals surface area contributed by atoms with Gasteiger partial charge in [-0.1, -0.05) is 42.1 Å². The maximum absolute atomic E-state index is 12.6. The van der Waals surface area contributed by atoms with Gasteiger partial charge < -0.3 is 10.1 Å². The smallest absolute Gasteiger partial charge is 0.339 e. The highest BCUT2D eigenvalue weighted by atomic mass is 32.2. The predicted molar refractivity (Wildman–Crippen MR) is 104 cm³/mol. The Morgan fingerprint density at radius 2 is 1.86 bits per heavy atom. The van der Waals surface area contributed by atoms with Crippen molar-refractivity contribution in [2.24, 2.45) is 0 Å². The molecule has 0 aliphatic rings. The number of alkyl halides is 2. The number of thioether (sulfide) groups is 1. The van der Waals surface area contributed by atoms with E-state index in [1.807, 2.05) is 6.07 Å². The molecule has 0 saturated carbocycles. The van der Waals surface area contributed by atoms with Crippen molar-refractivity contribution in [2.45, 2.75) is 17.6 Å². The van der Waals surface area contributed by atoms with Crippen molar-refractivity contribution in [1.82, 2.24) is 4.98 Å². The Labute approximate surface area is 164 Å². The van der Waals surface area contributed by atoms with E-state index < -0.39 is 24.2 Å². The number of para-hydroxylation sites is 2. The van der Waals surface area contributed by atoms with Crippen molar-refractivity contribution in [2.75, 3.05) is 11.9 Å². The summed E-state index contributed by atoms with van der Waals surface area (Å²) < 4.78 is 30.3. The second-order valence-corrected chi connectivity index (χ2v) is 6.86. The summed E-state index contributed by atoms with van der Waals surface area (Å²) >= 11 is 0.329. The monoisotopic (exact) mass is 402 g/mol. The number of hydrogen-bond acceptors (Lipinski definition) is 5. The fourth-order valence-electron chi connectivity index (χ4n) is 2.64. The van der Waals surface area contributed by atoms with Gasteiger partial charge in [0.25, 0.3) is 11.7 Å². The van der Waals surface area contributed by atoms with Gasteiger partial charge in [-0.05, 0) is 31.2 Å². The van der Waals surface area contributed by atoms with Gasteiger partial charge in [-0.25, -0.2) is 4.79 Å². The standard InChI is InChI=1S/C20H16F2N2O3S/c1-12-10-14(13-6-2-3-7-15(13)23-12)19(26)27-11-18(25)24-16-8-4-5-9-17(16)28-20(21)22/h2-10,20H,11H2,1H3,(H,24,25). The van der Waals surface area contributed by atoms with E-state index in [1.165, 1.54) is 12.1 Å².